The molecule has 18 heavy (non-hydrogen) atoms. The van der Waals surface area contributed by atoms with E-state index in [1.54, 1.807) is 4.90 Å². The molecule has 3 nitrogen and oxygen atoms in total. The van der Waals surface area contributed by atoms with Crippen LogP contribution in [0.1, 0.15) is 32.1 Å². The van der Waals surface area contributed by atoms with Crippen LogP contribution in [0.25, 0.3) is 0 Å². The minimum Gasteiger partial charge on any atom is -0.396 e. The molecule has 0 aromatic rings. The molecule has 0 amide bonds. The summed E-state index contributed by atoms with van der Waals surface area (Å²) >= 11 is 0. The Balaban J connectivity index is 2.40. The molecule has 1 heterocycles. The SMILES string of the molecule is OCCCCCN(CC(F)(F)F)C1CCNCC1. The standard InChI is InChI=1S/C12H23F3N2O/c13-12(14,15)10-17(8-2-1-3-9-18)11-4-6-16-7-5-11/h11,16,18H,1-10H2. The van der Waals surface area contributed by atoms with Crippen LogP contribution in [0, 0.1) is 0 Å². The second kappa shape index (κ2) is 7.96. The van der Waals surface area contributed by atoms with Gasteiger partial charge < -0.3 is 10.4 Å². The van der Waals surface area contributed by atoms with Gasteiger partial charge in [0, 0.05) is 12.6 Å². The van der Waals surface area contributed by atoms with E-state index in [2.05, 4.69) is 5.32 Å². The lowest BCUT2D eigenvalue weighted by Gasteiger charge is -2.35. The summed E-state index contributed by atoms with van der Waals surface area (Å²) in [6, 6.07) is 0.0435. The zero-order valence-electron chi connectivity index (χ0n) is 10.7. The van der Waals surface area contributed by atoms with Crippen LogP contribution in [-0.4, -0.2) is 55.0 Å². The first kappa shape index (κ1) is 15.7. The van der Waals surface area contributed by atoms with Crippen molar-refractivity contribution in [2.24, 2.45) is 0 Å². The van der Waals surface area contributed by atoms with Gasteiger partial charge in [0.25, 0.3) is 0 Å². The number of aliphatic hydroxyl groups excluding tert-OH is 1. The summed E-state index contributed by atoms with van der Waals surface area (Å²) in [5.74, 6) is 0. The molecule has 0 atom stereocenters. The Morgan fingerprint density at radius 2 is 1.78 bits per heavy atom. The highest BCUT2D eigenvalue weighted by atomic mass is 19.4. The second-order valence-corrected chi connectivity index (χ2v) is 4.85. The van der Waals surface area contributed by atoms with Gasteiger partial charge in [-0.05, 0) is 51.7 Å². The molecule has 0 bridgehead atoms. The van der Waals surface area contributed by atoms with E-state index in [-0.39, 0.29) is 12.6 Å². The highest BCUT2D eigenvalue weighted by Crippen LogP contribution is 2.21. The van der Waals surface area contributed by atoms with Crippen LogP contribution in [0.3, 0.4) is 0 Å². The molecule has 6 heteroatoms. The molecule has 0 aromatic heterocycles. The van der Waals surface area contributed by atoms with Crippen molar-refractivity contribution in [3.05, 3.63) is 0 Å². The lowest BCUT2D eigenvalue weighted by Crippen LogP contribution is -2.47. The zero-order valence-corrected chi connectivity index (χ0v) is 10.7. The van der Waals surface area contributed by atoms with E-state index in [0.717, 1.165) is 38.8 Å². The molecular formula is C12H23F3N2O. The number of hydrogen-bond donors (Lipinski definition) is 2. The van der Waals surface area contributed by atoms with Gasteiger partial charge in [-0.25, -0.2) is 0 Å². The summed E-state index contributed by atoms with van der Waals surface area (Å²) in [6.07, 6.45) is -0.365. The maximum Gasteiger partial charge on any atom is 0.401 e. The van der Waals surface area contributed by atoms with Gasteiger partial charge in [-0.2, -0.15) is 13.2 Å². The highest BCUT2D eigenvalue weighted by Gasteiger charge is 2.33. The predicted octanol–water partition coefficient (Wildman–Crippen LogP) is 1.77. The third-order valence-corrected chi connectivity index (χ3v) is 3.31. The van der Waals surface area contributed by atoms with Gasteiger partial charge in [0.1, 0.15) is 0 Å². The Morgan fingerprint density at radius 1 is 1.11 bits per heavy atom. The Kier molecular flexibility index (Phi) is 6.96. The summed E-state index contributed by atoms with van der Waals surface area (Å²) < 4.78 is 37.6. The number of aliphatic hydroxyl groups is 1. The van der Waals surface area contributed by atoms with Crippen molar-refractivity contribution >= 4 is 0 Å². The molecule has 0 radical (unpaired) electrons. The number of alkyl halides is 3. The minimum absolute atomic E-state index is 0.0435. The first-order valence-corrected chi connectivity index (χ1v) is 6.65. The monoisotopic (exact) mass is 268 g/mol. The molecule has 2 N–H and O–H groups in total. The summed E-state index contributed by atoms with van der Waals surface area (Å²) in [5.41, 5.74) is 0. The van der Waals surface area contributed by atoms with Crippen molar-refractivity contribution in [2.75, 3.05) is 32.8 Å². The number of rotatable bonds is 7. The largest absolute Gasteiger partial charge is 0.401 e. The van der Waals surface area contributed by atoms with Gasteiger partial charge in [-0.1, -0.05) is 0 Å². The Morgan fingerprint density at radius 3 is 2.33 bits per heavy atom. The summed E-state index contributed by atoms with van der Waals surface area (Å²) in [7, 11) is 0. The molecule has 0 aliphatic carbocycles. The van der Waals surface area contributed by atoms with Gasteiger partial charge in [-0.15, -0.1) is 0 Å². The van der Waals surface area contributed by atoms with E-state index in [1.165, 1.54) is 0 Å². The van der Waals surface area contributed by atoms with Crippen molar-refractivity contribution in [3.8, 4) is 0 Å². The van der Waals surface area contributed by atoms with Crippen LogP contribution in [0.2, 0.25) is 0 Å². The van der Waals surface area contributed by atoms with Crippen LogP contribution >= 0.6 is 0 Å². The Labute approximate surface area is 106 Å². The van der Waals surface area contributed by atoms with E-state index >= 15 is 0 Å². The molecule has 0 spiro atoms. The summed E-state index contributed by atoms with van der Waals surface area (Å²) in [6.45, 7) is 1.39. The average Bonchev–Trinajstić information content (AvgIpc) is 2.33. The van der Waals surface area contributed by atoms with E-state index < -0.39 is 12.7 Å². The first-order chi connectivity index (χ1) is 8.53. The maximum absolute atomic E-state index is 12.5. The Bertz CT molecular complexity index is 218. The Hall–Kier alpha value is -0.330. The quantitative estimate of drug-likeness (QED) is 0.691. The van der Waals surface area contributed by atoms with Crippen molar-refractivity contribution < 1.29 is 18.3 Å². The summed E-state index contributed by atoms with van der Waals surface area (Å²) in [5, 5.41) is 11.8. The van der Waals surface area contributed by atoms with Crippen LogP contribution in [-0.2, 0) is 0 Å². The predicted molar refractivity (Wildman–Crippen MR) is 64.5 cm³/mol. The lowest BCUT2D eigenvalue weighted by molar-refractivity contribution is -0.152. The normalized spacial score (nSPS) is 18.5. The number of nitrogens with zero attached hydrogens (tertiary/aromatic N) is 1. The van der Waals surface area contributed by atoms with Gasteiger partial charge >= 0.3 is 6.18 Å². The minimum atomic E-state index is -4.12. The van der Waals surface area contributed by atoms with Crippen molar-refractivity contribution in [2.45, 2.75) is 44.3 Å². The topological polar surface area (TPSA) is 35.5 Å². The average molecular weight is 268 g/mol. The van der Waals surface area contributed by atoms with Crippen molar-refractivity contribution in [3.63, 3.8) is 0 Å². The molecule has 108 valence electrons. The number of piperidine rings is 1. The van der Waals surface area contributed by atoms with E-state index in [0.29, 0.717) is 13.0 Å². The summed E-state index contributed by atoms with van der Waals surface area (Å²) in [4.78, 5) is 1.57. The molecule has 1 rings (SSSR count). The fraction of sp³-hybridized carbons (Fsp3) is 1.00. The molecule has 1 fully saturated rings. The van der Waals surface area contributed by atoms with Crippen LogP contribution < -0.4 is 5.32 Å². The second-order valence-electron chi connectivity index (χ2n) is 4.85. The smallest absolute Gasteiger partial charge is 0.396 e. The van der Waals surface area contributed by atoms with Crippen molar-refractivity contribution in [1.29, 1.82) is 0 Å². The van der Waals surface area contributed by atoms with Crippen LogP contribution in [0.5, 0.6) is 0 Å². The molecule has 0 unspecified atom stereocenters. The van der Waals surface area contributed by atoms with Crippen molar-refractivity contribution in [1.82, 2.24) is 10.2 Å². The van der Waals surface area contributed by atoms with Gasteiger partial charge in [0.15, 0.2) is 0 Å². The third kappa shape index (κ3) is 6.56. The molecule has 0 saturated carbocycles. The van der Waals surface area contributed by atoms with E-state index in [4.69, 9.17) is 5.11 Å². The van der Waals surface area contributed by atoms with Gasteiger partial charge in [-0.3, -0.25) is 4.90 Å². The molecule has 1 saturated heterocycles. The maximum atomic E-state index is 12.5. The highest BCUT2D eigenvalue weighted by molar-refractivity contribution is 4.79. The molecular weight excluding hydrogens is 245 g/mol. The zero-order chi connectivity index (χ0) is 13.4. The number of unbranched alkanes of at least 4 members (excludes halogenated alkanes) is 2. The van der Waals surface area contributed by atoms with Gasteiger partial charge in [0.05, 0.1) is 6.54 Å². The van der Waals surface area contributed by atoms with Crippen LogP contribution in [0.15, 0.2) is 0 Å². The van der Waals surface area contributed by atoms with E-state index in [9.17, 15) is 13.2 Å². The van der Waals surface area contributed by atoms with E-state index in [1.807, 2.05) is 0 Å². The first-order valence-electron chi connectivity index (χ1n) is 6.65. The molecule has 1 aliphatic rings. The lowest BCUT2D eigenvalue weighted by atomic mass is 10.0. The molecule has 1 aliphatic heterocycles. The number of halogens is 3. The van der Waals surface area contributed by atoms with Gasteiger partial charge in [0.2, 0.25) is 0 Å². The molecule has 0 aromatic carbocycles. The number of nitrogens with one attached hydrogen (secondary N) is 1. The fourth-order valence-corrected chi connectivity index (χ4v) is 2.40. The van der Waals surface area contributed by atoms with Crippen LogP contribution in [0.4, 0.5) is 13.2 Å². The number of hydrogen-bond acceptors (Lipinski definition) is 3. The third-order valence-electron chi connectivity index (χ3n) is 3.31. The fourth-order valence-electron chi connectivity index (χ4n) is 2.40.